The van der Waals surface area contributed by atoms with Gasteiger partial charge in [-0.2, -0.15) is 0 Å². The van der Waals surface area contributed by atoms with E-state index in [-0.39, 0.29) is 18.8 Å². The molecule has 2 atom stereocenters. The van der Waals surface area contributed by atoms with Crippen molar-refractivity contribution in [2.75, 3.05) is 6.61 Å². The number of hydrogen-bond acceptors (Lipinski definition) is 3. The van der Waals surface area contributed by atoms with Crippen molar-refractivity contribution >= 4 is 5.90 Å². The van der Waals surface area contributed by atoms with Crippen LogP contribution in [0.2, 0.25) is 0 Å². The van der Waals surface area contributed by atoms with Crippen LogP contribution in [0.4, 0.5) is 0 Å². The largest absolute Gasteiger partial charge is 0.471 e. The summed E-state index contributed by atoms with van der Waals surface area (Å²) in [6, 6.07) is -0.106. The van der Waals surface area contributed by atoms with Crippen molar-refractivity contribution < 1.29 is 9.84 Å². The highest BCUT2D eigenvalue weighted by Crippen LogP contribution is 2.20. The predicted octanol–water partition coefficient (Wildman–Crippen LogP) is 10.9. The van der Waals surface area contributed by atoms with Crippen LogP contribution in [-0.2, 0) is 4.74 Å². The highest BCUT2D eigenvalue weighted by atomic mass is 16.5. The fourth-order valence-corrected chi connectivity index (χ4v) is 5.41. The average molecular weight is 520 g/mol. The molecule has 0 amide bonds. The van der Waals surface area contributed by atoms with E-state index in [9.17, 15) is 5.11 Å². The zero-order valence-corrected chi connectivity index (χ0v) is 25.2. The van der Waals surface area contributed by atoms with Gasteiger partial charge in [-0.25, -0.2) is 4.99 Å². The number of unbranched alkanes of at least 4 members (excludes halogenated alkanes) is 23. The molecule has 0 spiro atoms. The van der Waals surface area contributed by atoms with E-state index in [1.807, 2.05) is 0 Å². The summed E-state index contributed by atoms with van der Waals surface area (Å²) in [4.78, 5) is 4.66. The number of ether oxygens (including phenoxy) is 1. The molecule has 0 aliphatic carbocycles. The second kappa shape index (κ2) is 26.8. The standard InChI is InChI=1S/C34H65NO2/c1-3-5-7-9-11-13-15-17-19-21-23-25-27-29-33-32(31-36)35-34(37-33)30-28-26-24-22-20-18-16-14-12-10-8-6-4-2/h27,29,32-33,36H,3-26,28,30-31H2,1-2H3. The van der Waals surface area contributed by atoms with Crippen LogP contribution in [0.3, 0.4) is 0 Å². The van der Waals surface area contributed by atoms with E-state index in [4.69, 9.17) is 4.74 Å². The number of allylic oxidation sites excluding steroid dienone is 1. The number of nitrogens with zero attached hydrogens (tertiary/aromatic N) is 1. The molecule has 1 N–H and O–H groups in total. The Morgan fingerprint density at radius 2 is 1.00 bits per heavy atom. The molecular formula is C34H65NO2. The van der Waals surface area contributed by atoms with Crippen molar-refractivity contribution in [3.63, 3.8) is 0 Å². The van der Waals surface area contributed by atoms with Crippen molar-refractivity contribution in [2.24, 2.45) is 4.99 Å². The van der Waals surface area contributed by atoms with E-state index in [0.29, 0.717) is 0 Å². The van der Waals surface area contributed by atoms with Crippen molar-refractivity contribution in [3.05, 3.63) is 12.2 Å². The van der Waals surface area contributed by atoms with Gasteiger partial charge in [-0.3, -0.25) is 0 Å². The second-order valence-electron chi connectivity index (χ2n) is 11.6. The van der Waals surface area contributed by atoms with Crippen LogP contribution >= 0.6 is 0 Å². The fourth-order valence-electron chi connectivity index (χ4n) is 5.41. The van der Waals surface area contributed by atoms with Crippen molar-refractivity contribution in [2.45, 2.75) is 193 Å². The van der Waals surface area contributed by atoms with E-state index in [0.717, 1.165) is 25.2 Å². The average Bonchev–Trinajstić information content (AvgIpc) is 3.31. The molecule has 0 bridgehead atoms. The van der Waals surface area contributed by atoms with Crippen LogP contribution < -0.4 is 0 Å². The molecule has 1 aliphatic heterocycles. The molecule has 0 aromatic heterocycles. The van der Waals surface area contributed by atoms with E-state index >= 15 is 0 Å². The molecular weight excluding hydrogens is 454 g/mol. The number of aliphatic imine (C=N–C) groups is 1. The molecule has 37 heavy (non-hydrogen) atoms. The lowest BCUT2D eigenvalue weighted by Gasteiger charge is -2.11. The number of aliphatic hydroxyl groups excluding tert-OH is 1. The lowest BCUT2D eigenvalue weighted by Crippen LogP contribution is -2.23. The summed E-state index contributed by atoms with van der Waals surface area (Å²) in [7, 11) is 0. The first-order valence-corrected chi connectivity index (χ1v) is 16.8. The van der Waals surface area contributed by atoms with E-state index in [1.54, 1.807) is 0 Å². The molecule has 2 unspecified atom stereocenters. The van der Waals surface area contributed by atoms with Crippen LogP contribution in [0.25, 0.3) is 0 Å². The summed E-state index contributed by atoms with van der Waals surface area (Å²) in [5.74, 6) is 0.867. The SMILES string of the molecule is CCCCCCCCCCCCCC=CC1OC(CCCCCCCCCCCCCCC)=NC1CO. The smallest absolute Gasteiger partial charge is 0.184 e. The van der Waals surface area contributed by atoms with Crippen LogP contribution in [0.15, 0.2) is 17.1 Å². The quantitative estimate of drug-likeness (QED) is 0.0824. The third kappa shape index (κ3) is 20.8. The van der Waals surface area contributed by atoms with E-state index < -0.39 is 0 Å². The van der Waals surface area contributed by atoms with Gasteiger partial charge in [0.25, 0.3) is 0 Å². The van der Waals surface area contributed by atoms with Gasteiger partial charge in [-0.1, -0.05) is 161 Å². The van der Waals surface area contributed by atoms with Crippen molar-refractivity contribution in [3.8, 4) is 0 Å². The van der Waals surface area contributed by atoms with Gasteiger partial charge in [0.1, 0.15) is 12.1 Å². The molecule has 0 saturated heterocycles. The van der Waals surface area contributed by atoms with Gasteiger partial charge in [0.15, 0.2) is 5.90 Å². The highest BCUT2D eigenvalue weighted by molar-refractivity contribution is 5.78. The number of aliphatic hydroxyl groups is 1. The maximum absolute atomic E-state index is 9.72. The molecule has 0 saturated carbocycles. The summed E-state index contributed by atoms with van der Waals surface area (Å²) in [5, 5.41) is 9.72. The van der Waals surface area contributed by atoms with E-state index in [2.05, 4.69) is 31.0 Å². The Hall–Kier alpha value is -0.830. The fraction of sp³-hybridized carbons (Fsp3) is 0.912. The summed E-state index contributed by atoms with van der Waals surface area (Å²) in [6.07, 6.45) is 39.5. The monoisotopic (exact) mass is 520 g/mol. The van der Waals surface area contributed by atoms with Crippen molar-refractivity contribution in [1.29, 1.82) is 0 Å². The van der Waals surface area contributed by atoms with Gasteiger partial charge < -0.3 is 9.84 Å². The topological polar surface area (TPSA) is 41.8 Å². The van der Waals surface area contributed by atoms with Gasteiger partial charge in [-0.05, 0) is 25.3 Å². The first-order valence-electron chi connectivity index (χ1n) is 16.8. The van der Waals surface area contributed by atoms with Crippen LogP contribution in [0.5, 0.6) is 0 Å². The highest BCUT2D eigenvalue weighted by Gasteiger charge is 2.27. The Labute approximate surface area is 232 Å². The zero-order chi connectivity index (χ0) is 26.7. The van der Waals surface area contributed by atoms with Crippen LogP contribution in [-0.4, -0.2) is 29.8 Å². The molecule has 3 heteroatoms. The van der Waals surface area contributed by atoms with Gasteiger partial charge >= 0.3 is 0 Å². The predicted molar refractivity (Wildman–Crippen MR) is 164 cm³/mol. The minimum atomic E-state index is -0.106. The minimum Gasteiger partial charge on any atom is -0.471 e. The Kier molecular flexibility index (Phi) is 24.7. The normalized spacial score (nSPS) is 17.5. The Morgan fingerprint density at radius 3 is 1.43 bits per heavy atom. The lowest BCUT2D eigenvalue weighted by molar-refractivity contribution is 0.181. The second-order valence-corrected chi connectivity index (χ2v) is 11.6. The minimum absolute atomic E-state index is 0.0605. The van der Waals surface area contributed by atoms with Gasteiger partial charge in [0.05, 0.1) is 6.61 Å². The lowest BCUT2D eigenvalue weighted by atomic mass is 10.0. The molecule has 1 heterocycles. The van der Waals surface area contributed by atoms with Crippen molar-refractivity contribution in [1.82, 2.24) is 0 Å². The Bertz CT molecular complexity index is 530. The van der Waals surface area contributed by atoms with Crippen LogP contribution in [0, 0.1) is 0 Å². The summed E-state index contributed by atoms with van der Waals surface area (Å²) < 4.78 is 6.08. The number of hydrogen-bond donors (Lipinski definition) is 1. The maximum Gasteiger partial charge on any atom is 0.184 e. The summed E-state index contributed by atoms with van der Waals surface area (Å²) >= 11 is 0. The van der Waals surface area contributed by atoms with Gasteiger partial charge in [-0.15, -0.1) is 0 Å². The molecule has 0 radical (unpaired) electrons. The molecule has 0 fully saturated rings. The third-order valence-electron chi connectivity index (χ3n) is 7.94. The number of rotatable bonds is 28. The van der Waals surface area contributed by atoms with Gasteiger partial charge in [0, 0.05) is 6.42 Å². The molecule has 0 aromatic carbocycles. The van der Waals surface area contributed by atoms with Gasteiger partial charge in [0.2, 0.25) is 0 Å². The third-order valence-corrected chi connectivity index (χ3v) is 7.94. The molecule has 218 valence electrons. The first-order chi connectivity index (χ1) is 18.3. The summed E-state index contributed by atoms with van der Waals surface area (Å²) in [6.45, 7) is 4.65. The maximum atomic E-state index is 9.72. The van der Waals surface area contributed by atoms with Crippen LogP contribution in [0.1, 0.15) is 181 Å². The molecule has 0 aromatic rings. The molecule has 1 rings (SSSR count). The Morgan fingerprint density at radius 1 is 0.595 bits per heavy atom. The van der Waals surface area contributed by atoms with E-state index in [1.165, 1.54) is 148 Å². The Balaban J connectivity index is 1.95. The molecule has 1 aliphatic rings. The first kappa shape index (κ1) is 34.2. The summed E-state index contributed by atoms with van der Waals surface area (Å²) in [5.41, 5.74) is 0. The zero-order valence-electron chi connectivity index (χ0n) is 25.2. The molecule has 3 nitrogen and oxygen atoms in total.